The third kappa shape index (κ3) is 3.77. The van der Waals surface area contributed by atoms with E-state index in [1.165, 1.54) is 31.2 Å². The first kappa shape index (κ1) is 12.0. The number of urea groups is 1. The minimum atomic E-state index is -0.0965. The second-order valence-electron chi connectivity index (χ2n) is 4.85. The number of carbonyl (C=O) groups is 1. The highest BCUT2D eigenvalue weighted by atomic mass is 16.2. The molecule has 1 aromatic rings. The monoisotopic (exact) mass is 232 g/mol. The van der Waals surface area contributed by atoms with E-state index in [0.717, 1.165) is 12.2 Å². The molecule has 1 saturated carbocycles. The fourth-order valence-electron chi connectivity index (χ4n) is 2.26. The van der Waals surface area contributed by atoms with Crippen molar-refractivity contribution in [3.8, 4) is 0 Å². The molecule has 3 heteroatoms. The number of hydrogen-bond donors (Lipinski definition) is 2. The lowest BCUT2D eigenvalue weighted by atomic mass is 10.1. The molecule has 0 aromatic heterocycles. The molecule has 17 heavy (non-hydrogen) atoms. The largest absolute Gasteiger partial charge is 0.338 e. The van der Waals surface area contributed by atoms with Gasteiger partial charge < -0.3 is 10.6 Å². The van der Waals surface area contributed by atoms with Gasteiger partial charge in [0.2, 0.25) is 0 Å². The molecular formula is C14H20N2O. The van der Waals surface area contributed by atoms with Crippen molar-refractivity contribution in [2.75, 3.05) is 11.9 Å². The van der Waals surface area contributed by atoms with Gasteiger partial charge in [-0.2, -0.15) is 0 Å². The van der Waals surface area contributed by atoms with Crippen molar-refractivity contribution in [1.29, 1.82) is 0 Å². The number of anilines is 1. The van der Waals surface area contributed by atoms with Gasteiger partial charge in [0.1, 0.15) is 0 Å². The summed E-state index contributed by atoms with van der Waals surface area (Å²) in [6.45, 7) is 2.83. The summed E-state index contributed by atoms with van der Waals surface area (Å²) in [5.41, 5.74) is 2.04. The van der Waals surface area contributed by atoms with E-state index in [2.05, 4.69) is 10.6 Å². The summed E-state index contributed by atoms with van der Waals surface area (Å²) in [5.74, 6) is 0.679. The molecule has 3 nitrogen and oxygen atoms in total. The van der Waals surface area contributed by atoms with E-state index in [0.29, 0.717) is 5.92 Å². The van der Waals surface area contributed by atoms with Crippen LogP contribution in [0, 0.1) is 12.8 Å². The molecule has 1 aromatic carbocycles. The molecule has 0 heterocycles. The quantitative estimate of drug-likeness (QED) is 0.824. The molecule has 1 aliphatic rings. The first-order valence-corrected chi connectivity index (χ1v) is 6.35. The van der Waals surface area contributed by atoms with Crippen LogP contribution in [0.5, 0.6) is 0 Å². The van der Waals surface area contributed by atoms with Crippen LogP contribution in [0.4, 0.5) is 10.5 Å². The van der Waals surface area contributed by atoms with Crippen LogP contribution in [0.1, 0.15) is 31.2 Å². The lowest BCUT2D eigenvalue weighted by Crippen LogP contribution is -2.32. The molecule has 0 radical (unpaired) electrons. The second-order valence-corrected chi connectivity index (χ2v) is 4.85. The summed E-state index contributed by atoms with van der Waals surface area (Å²) in [5, 5.41) is 5.78. The standard InChI is InChI=1S/C14H20N2O/c1-11-6-8-13(9-7-11)16-14(17)15-10-12-4-2-3-5-12/h6-9,12H,2-5,10H2,1H3,(H2,15,16,17). The maximum atomic E-state index is 11.6. The number of nitrogens with one attached hydrogen (secondary N) is 2. The van der Waals surface area contributed by atoms with Crippen molar-refractivity contribution < 1.29 is 4.79 Å². The zero-order valence-electron chi connectivity index (χ0n) is 10.3. The summed E-state index contributed by atoms with van der Waals surface area (Å²) < 4.78 is 0. The Morgan fingerprint density at radius 2 is 1.88 bits per heavy atom. The van der Waals surface area contributed by atoms with Crippen LogP contribution >= 0.6 is 0 Å². The van der Waals surface area contributed by atoms with Crippen molar-refractivity contribution in [2.45, 2.75) is 32.6 Å². The van der Waals surface area contributed by atoms with E-state index in [9.17, 15) is 4.79 Å². The topological polar surface area (TPSA) is 41.1 Å². The molecule has 2 rings (SSSR count). The minimum absolute atomic E-state index is 0.0965. The van der Waals surface area contributed by atoms with Crippen molar-refractivity contribution >= 4 is 11.7 Å². The normalized spacial score (nSPS) is 15.8. The summed E-state index contributed by atoms with van der Waals surface area (Å²) in [6, 6.07) is 7.73. The maximum absolute atomic E-state index is 11.6. The Bertz CT molecular complexity index is 366. The number of hydrogen-bond acceptors (Lipinski definition) is 1. The van der Waals surface area contributed by atoms with E-state index in [1.807, 2.05) is 31.2 Å². The third-order valence-electron chi connectivity index (χ3n) is 3.34. The minimum Gasteiger partial charge on any atom is -0.338 e. The smallest absolute Gasteiger partial charge is 0.319 e. The molecule has 0 bridgehead atoms. The Morgan fingerprint density at radius 1 is 1.24 bits per heavy atom. The SMILES string of the molecule is Cc1ccc(NC(=O)NCC2CCCC2)cc1. The van der Waals surface area contributed by atoms with Gasteiger partial charge in [-0.25, -0.2) is 4.79 Å². The van der Waals surface area contributed by atoms with Gasteiger partial charge in [0.05, 0.1) is 0 Å². The Morgan fingerprint density at radius 3 is 2.53 bits per heavy atom. The molecular weight excluding hydrogens is 212 g/mol. The highest BCUT2D eigenvalue weighted by Gasteiger charge is 2.15. The van der Waals surface area contributed by atoms with Crippen molar-refractivity contribution in [3.05, 3.63) is 29.8 Å². The fraction of sp³-hybridized carbons (Fsp3) is 0.500. The van der Waals surface area contributed by atoms with Gasteiger partial charge >= 0.3 is 6.03 Å². The summed E-state index contributed by atoms with van der Waals surface area (Å²) in [6.07, 6.45) is 5.13. The van der Waals surface area contributed by atoms with Crippen LogP contribution in [0.25, 0.3) is 0 Å². The van der Waals surface area contributed by atoms with Crippen molar-refractivity contribution in [1.82, 2.24) is 5.32 Å². The zero-order chi connectivity index (χ0) is 12.1. The second kappa shape index (κ2) is 5.71. The summed E-state index contributed by atoms with van der Waals surface area (Å²) in [4.78, 5) is 11.6. The summed E-state index contributed by atoms with van der Waals surface area (Å²) in [7, 11) is 0. The van der Waals surface area contributed by atoms with Crippen LogP contribution in [-0.2, 0) is 0 Å². The van der Waals surface area contributed by atoms with Crippen molar-refractivity contribution in [2.24, 2.45) is 5.92 Å². The van der Waals surface area contributed by atoms with Gasteiger partial charge in [0.25, 0.3) is 0 Å². The van der Waals surface area contributed by atoms with E-state index < -0.39 is 0 Å². The first-order valence-electron chi connectivity index (χ1n) is 6.35. The Labute approximate surface area is 103 Å². The van der Waals surface area contributed by atoms with Gasteiger partial charge in [-0.3, -0.25) is 0 Å². The van der Waals surface area contributed by atoms with E-state index >= 15 is 0 Å². The first-order chi connectivity index (χ1) is 8.24. The average Bonchev–Trinajstić information content (AvgIpc) is 2.83. The van der Waals surface area contributed by atoms with Gasteiger partial charge in [-0.15, -0.1) is 0 Å². The third-order valence-corrected chi connectivity index (χ3v) is 3.34. The Kier molecular flexibility index (Phi) is 4.02. The van der Waals surface area contributed by atoms with Crippen LogP contribution in [0.2, 0.25) is 0 Å². The number of benzene rings is 1. The molecule has 1 aliphatic carbocycles. The molecule has 0 unspecified atom stereocenters. The number of carbonyl (C=O) groups excluding carboxylic acids is 1. The van der Waals surface area contributed by atoms with Gasteiger partial charge in [-0.1, -0.05) is 30.5 Å². The molecule has 1 fully saturated rings. The molecule has 0 atom stereocenters. The number of rotatable bonds is 3. The number of amides is 2. The Balaban J connectivity index is 1.74. The van der Waals surface area contributed by atoms with Crippen molar-refractivity contribution in [3.63, 3.8) is 0 Å². The molecule has 2 amide bonds. The molecule has 0 spiro atoms. The Hall–Kier alpha value is -1.51. The lowest BCUT2D eigenvalue weighted by Gasteiger charge is -2.11. The zero-order valence-corrected chi connectivity index (χ0v) is 10.3. The van der Waals surface area contributed by atoms with Crippen LogP contribution < -0.4 is 10.6 Å². The fourth-order valence-corrected chi connectivity index (χ4v) is 2.26. The van der Waals surface area contributed by atoms with E-state index in [-0.39, 0.29) is 6.03 Å². The predicted octanol–water partition coefficient (Wildman–Crippen LogP) is 3.31. The van der Waals surface area contributed by atoms with Crippen LogP contribution in [0.3, 0.4) is 0 Å². The molecule has 92 valence electrons. The summed E-state index contributed by atoms with van der Waals surface area (Å²) >= 11 is 0. The van der Waals surface area contributed by atoms with E-state index in [4.69, 9.17) is 0 Å². The maximum Gasteiger partial charge on any atom is 0.319 e. The average molecular weight is 232 g/mol. The van der Waals surface area contributed by atoms with E-state index in [1.54, 1.807) is 0 Å². The highest BCUT2D eigenvalue weighted by molar-refractivity contribution is 5.89. The van der Waals surface area contributed by atoms with Crippen LogP contribution in [0.15, 0.2) is 24.3 Å². The predicted molar refractivity (Wildman–Crippen MR) is 70.2 cm³/mol. The highest BCUT2D eigenvalue weighted by Crippen LogP contribution is 2.23. The van der Waals surface area contributed by atoms with Gasteiger partial charge in [-0.05, 0) is 37.8 Å². The van der Waals surface area contributed by atoms with Gasteiger partial charge in [0.15, 0.2) is 0 Å². The molecule has 0 aliphatic heterocycles. The lowest BCUT2D eigenvalue weighted by molar-refractivity contribution is 0.250. The molecule has 2 N–H and O–H groups in total. The van der Waals surface area contributed by atoms with Gasteiger partial charge in [0, 0.05) is 12.2 Å². The van der Waals surface area contributed by atoms with Crippen LogP contribution in [-0.4, -0.2) is 12.6 Å². The molecule has 0 saturated heterocycles. The number of aryl methyl sites for hydroxylation is 1.